The number of methoxy groups -OCH3 is 1. The standard InChI is InChI=1S/C22H25NO4/c1-3-14-26-18-11-5-4-8-16(18)10-7-13-23-22(24)20-15-17-9-6-12-19(25-2)21(17)27-20/h4-6,8-9,11-12,15H,3,7,10,13-14H2,1-2H3,(H,23,24). The minimum absolute atomic E-state index is 0.219. The van der Waals surface area contributed by atoms with Gasteiger partial charge in [-0.05, 0) is 43.0 Å². The lowest BCUT2D eigenvalue weighted by Gasteiger charge is -2.10. The third-order valence-corrected chi connectivity index (χ3v) is 4.29. The quantitative estimate of drug-likeness (QED) is 0.562. The highest BCUT2D eigenvalue weighted by Crippen LogP contribution is 2.28. The Bertz CT molecular complexity index is 900. The minimum atomic E-state index is -0.219. The number of rotatable bonds is 9. The summed E-state index contributed by atoms with van der Waals surface area (Å²) in [5.74, 6) is 1.62. The van der Waals surface area contributed by atoms with Crippen molar-refractivity contribution in [1.29, 1.82) is 0 Å². The summed E-state index contributed by atoms with van der Waals surface area (Å²) in [6, 6.07) is 15.4. The molecule has 5 heteroatoms. The molecule has 3 aromatic rings. The number of nitrogens with one attached hydrogen (secondary N) is 1. The zero-order valence-corrected chi connectivity index (χ0v) is 15.8. The third kappa shape index (κ3) is 4.61. The Balaban J connectivity index is 1.55. The predicted molar refractivity (Wildman–Crippen MR) is 106 cm³/mol. The van der Waals surface area contributed by atoms with E-state index in [4.69, 9.17) is 13.9 Å². The molecule has 1 amide bonds. The van der Waals surface area contributed by atoms with Crippen molar-refractivity contribution in [3.63, 3.8) is 0 Å². The normalized spacial score (nSPS) is 10.7. The molecule has 1 heterocycles. The number of furan rings is 1. The van der Waals surface area contributed by atoms with Gasteiger partial charge in [0.1, 0.15) is 5.75 Å². The van der Waals surface area contributed by atoms with Gasteiger partial charge in [0.25, 0.3) is 5.91 Å². The molecule has 0 fully saturated rings. The van der Waals surface area contributed by atoms with Gasteiger partial charge >= 0.3 is 0 Å². The molecule has 0 saturated heterocycles. The molecule has 2 aromatic carbocycles. The maximum absolute atomic E-state index is 12.4. The average Bonchev–Trinajstić information content (AvgIpc) is 3.14. The molecule has 0 bridgehead atoms. The number of carbonyl (C=O) groups excluding carboxylic acids is 1. The number of fused-ring (bicyclic) bond motifs is 1. The van der Waals surface area contributed by atoms with E-state index >= 15 is 0 Å². The topological polar surface area (TPSA) is 60.7 Å². The number of ether oxygens (including phenoxy) is 2. The Kier molecular flexibility index (Phi) is 6.36. The average molecular weight is 367 g/mol. The summed E-state index contributed by atoms with van der Waals surface area (Å²) in [4.78, 5) is 12.4. The fraction of sp³-hybridized carbons (Fsp3) is 0.318. The van der Waals surface area contributed by atoms with Crippen LogP contribution in [-0.4, -0.2) is 26.2 Å². The van der Waals surface area contributed by atoms with Crippen LogP contribution in [-0.2, 0) is 6.42 Å². The van der Waals surface area contributed by atoms with Crippen LogP contribution >= 0.6 is 0 Å². The van der Waals surface area contributed by atoms with Crippen molar-refractivity contribution in [2.24, 2.45) is 0 Å². The maximum atomic E-state index is 12.4. The van der Waals surface area contributed by atoms with Crippen molar-refractivity contribution in [3.05, 3.63) is 59.9 Å². The molecule has 1 N–H and O–H groups in total. The largest absolute Gasteiger partial charge is 0.493 e. The fourth-order valence-corrected chi connectivity index (χ4v) is 2.94. The first kappa shape index (κ1) is 18.8. The second kappa shape index (κ2) is 9.12. The van der Waals surface area contributed by atoms with Crippen LogP contribution in [0.2, 0.25) is 0 Å². The molecule has 0 aliphatic heterocycles. The van der Waals surface area contributed by atoms with Crippen molar-refractivity contribution >= 4 is 16.9 Å². The molecule has 0 atom stereocenters. The van der Waals surface area contributed by atoms with Gasteiger partial charge in [-0.1, -0.05) is 37.3 Å². The van der Waals surface area contributed by atoms with Crippen molar-refractivity contribution in [1.82, 2.24) is 5.32 Å². The Hall–Kier alpha value is -2.95. The van der Waals surface area contributed by atoms with Crippen molar-refractivity contribution in [2.75, 3.05) is 20.3 Å². The Morgan fingerprint density at radius 1 is 1.11 bits per heavy atom. The van der Waals surface area contributed by atoms with Gasteiger partial charge in [-0.15, -0.1) is 0 Å². The summed E-state index contributed by atoms with van der Waals surface area (Å²) in [5, 5.41) is 3.76. The molecular formula is C22H25NO4. The van der Waals surface area contributed by atoms with E-state index in [-0.39, 0.29) is 5.91 Å². The first-order valence-corrected chi connectivity index (χ1v) is 9.28. The molecule has 1 aromatic heterocycles. The van der Waals surface area contributed by atoms with Crippen LogP contribution in [0, 0.1) is 0 Å². The van der Waals surface area contributed by atoms with Crippen LogP contribution in [0.4, 0.5) is 0 Å². The molecule has 0 spiro atoms. The van der Waals surface area contributed by atoms with Crippen molar-refractivity contribution in [2.45, 2.75) is 26.2 Å². The van der Waals surface area contributed by atoms with Gasteiger partial charge < -0.3 is 19.2 Å². The van der Waals surface area contributed by atoms with Crippen LogP contribution in [0.5, 0.6) is 11.5 Å². The Morgan fingerprint density at radius 3 is 2.74 bits per heavy atom. The van der Waals surface area contributed by atoms with E-state index in [1.165, 1.54) is 0 Å². The van der Waals surface area contributed by atoms with Crippen LogP contribution in [0.25, 0.3) is 11.0 Å². The van der Waals surface area contributed by atoms with Crippen LogP contribution in [0.3, 0.4) is 0 Å². The molecule has 0 unspecified atom stereocenters. The number of aryl methyl sites for hydroxylation is 1. The van der Waals surface area contributed by atoms with E-state index in [1.54, 1.807) is 13.2 Å². The van der Waals surface area contributed by atoms with Gasteiger partial charge in [0, 0.05) is 11.9 Å². The molecule has 0 radical (unpaired) electrons. The Morgan fingerprint density at radius 2 is 1.93 bits per heavy atom. The summed E-state index contributed by atoms with van der Waals surface area (Å²) in [7, 11) is 1.58. The first-order valence-electron chi connectivity index (χ1n) is 9.28. The van der Waals surface area contributed by atoms with Gasteiger partial charge in [-0.3, -0.25) is 4.79 Å². The van der Waals surface area contributed by atoms with Gasteiger partial charge in [0.05, 0.1) is 13.7 Å². The maximum Gasteiger partial charge on any atom is 0.287 e. The van der Waals surface area contributed by atoms with Crippen LogP contribution in [0.1, 0.15) is 35.9 Å². The Labute approximate surface area is 159 Å². The zero-order valence-electron chi connectivity index (χ0n) is 15.8. The highest BCUT2D eigenvalue weighted by atomic mass is 16.5. The summed E-state index contributed by atoms with van der Waals surface area (Å²) in [6.45, 7) is 3.37. The molecule has 0 saturated carbocycles. The first-order chi connectivity index (χ1) is 13.2. The third-order valence-electron chi connectivity index (χ3n) is 4.29. The van der Waals surface area contributed by atoms with Crippen LogP contribution < -0.4 is 14.8 Å². The lowest BCUT2D eigenvalue weighted by atomic mass is 10.1. The molecule has 5 nitrogen and oxygen atoms in total. The van der Waals surface area contributed by atoms with Gasteiger partial charge in [-0.25, -0.2) is 0 Å². The van der Waals surface area contributed by atoms with Crippen molar-refractivity contribution < 1.29 is 18.7 Å². The van der Waals surface area contributed by atoms with Gasteiger partial charge in [-0.2, -0.15) is 0 Å². The lowest BCUT2D eigenvalue weighted by Crippen LogP contribution is -2.24. The molecular weight excluding hydrogens is 342 g/mol. The fourth-order valence-electron chi connectivity index (χ4n) is 2.94. The number of hydrogen-bond acceptors (Lipinski definition) is 4. The molecule has 3 rings (SSSR count). The summed E-state index contributed by atoms with van der Waals surface area (Å²) in [5.41, 5.74) is 1.75. The number of para-hydroxylation sites is 2. The highest BCUT2D eigenvalue weighted by molar-refractivity contribution is 5.97. The summed E-state index contributed by atoms with van der Waals surface area (Å²) >= 11 is 0. The minimum Gasteiger partial charge on any atom is -0.493 e. The van der Waals surface area contributed by atoms with E-state index in [1.807, 2.05) is 36.4 Å². The SMILES string of the molecule is CCCOc1ccccc1CCCNC(=O)c1cc2cccc(OC)c2o1. The number of hydrogen-bond donors (Lipinski definition) is 1. The van der Waals surface area contributed by atoms with Gasteiger partial charge in [0.2, 0.25) is 0 Å². The predicted octanol–water partition coefficient (Wildman–Crippen LogP) is 4.59. The van der Waals surface area contributed by atoms with E-state index in [0.29, 0.717) is 30.2 Å². The smallest absolute Gasteiger partial charge is 0.287 e. The second-order valence-corrected chi connectivity index (χ2v) is 6.30. The van der Waals surface area contributed by atoms with E-state index in [2.05, 4.69) is 18.3 Å². The van der Waals surface area contributed by atoms with E-state index in [9.17, 15) is 4.79 Å². The molecule has 27 heavy (non-hydrogen) atoms. The summed E-state index contributed by atoms with van der Waals surface area (Å²) in [6.07, 6.45) is 2.64. The molecule has 0 aliphatic carbocycles. The monoisotopic (exact) mass is 367 g/mol. The van der Waals surface area contributed by atoms with Crippen LogP contribution in [0.15, 0.2) is 52.9 Å². The number of carbonyl (C=O) groups is 1. The van der Waals surface area contributed by atoms with Gasteiger partial charge in [0.15, 0.2) is 17.1 Å². The molecule has 142 valence electrons. The van der Waals surface area contributed by atoms with Crippen molar-refractivity contribution in [3.8, 4) is 11.5 Å². The zero-order chi connectivity index (χ0) is 19.1. The molecule has 0 aliphatic rings. The summed E-state index contributed by atoms with van der Waals surface area (Å²) < 4.78 is 16.7. The van der Waals surface area contributed by atoms with E-state index in [0.717, 1.165) is 36.0 Å². The second-order valence-electron chi connectivity index (χ2n) is 6.30. The van der Waals surface area contributed by atoms with E-state index < -0.39 is 0 Å². The number of amides is 1. The lowest BCUT2D eigenvalue weighted by molar-refractivity contribution is 0.0927. The highest BCUT2D eigenvalue weighted by Gasteiger charge is 2.14. The number of benzene rings is 2.